The molecule has 2 aromatic carbocycles. The van der Waals surface area contributed by atoms with E-state index in [1.807, 2.05) is 30.1 Å². The molecule has 4 nitrogen and oxygen atoms in total. The number of hydrogen-bond acceptors (Lipinski definition) is 4. The summed E-state index contributed by atoms with van der Waals surface area (Å²) in [6.45, 7) is 0.903. The quantitative estimate of drug-likeness (QED) is 0.704. The number of rotatable bonds is 5. The molecule has 6 heteroatoms. The summed E-state index contributed by atoms with van der Waals surface area (Å²) in [5, 5.41) is 8.72. The Labute approximate surface area is 138 Å². The van der Waals surface area contributed by atoms with Crippen molar-refractivity contribution in [1.29, 1.82) is 0 Å². The van der Waals surface area contributed by atoms with Crippen LogP contribution in [0.4, 0.5) is 4.39 Å². The van der Waals surface area contributed by atoms with Crippen LogP contribution in [0.2, 0.25) is 5.02 Å². The molecule has 0 spiro atoms. The van der Waals surface area contributed by atoms with Crippen LogP contribution in [0.25, 0.3) is 11.5 Å². The number of aromatic nitrogens is 2. The van der Waals surface area contributed by atoms with E-state index in [-0.39, 0.29) is 5.82 Å². The summed E-state index contributed by atoms with van der Waals surface area (Å²) in [6.07, 6.45) is 0. The summed E-state index contributed by atoms with van der Waals surface area (Å²) < 4.78 is 19.3. The van der Waals surface area contributed by atoms with E-state index in [0.717, 1.165) is 5.56 Å². The SMILES string of the molecule is CN(Cc1nnc(-c2ccc(Cl)cc2)o1)Cc1ccccc1F. The first kappa shape index (κ1) is 15.6. The Hall–Kier alpha value is -2.24. The van der Waals surface area contributed by atoms with Gasteiger partial charge in [0.15, 0.2) is 0 Å². The van der Waals surface area contributed by atoms with Crippen LogP contribution < -0.4 is 0 Å². The lowest BCUT2D eigenvalue weighted by atomic mass is 10.2. The lowest BCUT2D eigenvalue weighted by Crippen LogP contribution is -2.18. The summed E-state index contributed by atoms with van der Waals surface area (Å²) in [5.74, 6) is 0.705. The average molecular weight is 332 g/mol. The van der Waals surface area contributed by atoms with E-state index in [2.05, 4.69) is 10.2 Å². The Morgan fingerprint density at radius 1 is 1.04 bits per heavy atom. The van der Waals surface area contributed by atoms with Crippen molar-refractivity contribution in [3.63, 3.8) is 0 Å². The Balaban J connectivity index is 1.67. The highest BCUT2D eigenvalue weighted by molar-refractivity contribution is 6.30. The number of nitrogens with zero attached hydrogens (tertiary/aromatic N) is 3. The molecule has 23 heavy (non-hydrogen) atoms. The maximum Gasteiger partial charge on any atom is 0.247 e. The Morgan fingerprint density at radius 2 is 1.78 bits per heavy atom. The predicted molar refractivity (Wildman–Crippen MR) is 86.3 cm³/mol. The highest BCUT2D eigenvalue weighted by atomic mass is 35.5. The van der Waals surface area contributed by atoms with Gasteiger partial charge in [-0.1, -0.05) is 29.8 Å². The Bertz CT molecular complexity index is 789. The molecular formula is C17H15ClFN3O. The van der Waals surface area contributed by atoms with Crippen molar-refractivity contribution in [2.75, 3.05) is 7.05 Å². The minimum atomic E-state index is -0.216. The molecule has 3 aromatic rings. The normalized spacial score (nSPS) is 11.1. The molecule has 0 aliphatic carbocycles. The molecule has 0 unspecified atom stereocenters. The monoisotopic (exact) mass is 331 g/mol. The largest absolute Gasteiger partial charge is 0.419 e. The van der Waals surface area contributed by atoms with Crippen LogP contribution in [0.3, 0.4) is 0 Å². The van der Waals surface area contributed by atoms with Crippen molar-refractivity contribution >= 4 is 11.6 Å². The fourth-order valence-electron chi connectivity index (χ4n) is 2.23. The minimum Gasteiger partial charge on any atom is -0.419 e. The third-order valence-corrected chi connectivity index (χ3v) is 3.61. The van der Waals surface area contributed by atoms with Gasteiger partial charge >= 0.3 is 0 Å². The van der Waals surface area contributed by atoms with E-state index >= 15 is 0 Å². The molecule has 118 valence electrons. The zero-order valence-corrected chi connectivity index (χ0v) is 13.3. The third-order valence-electron chi connectivity index (χ3n) is 3.36. The summed E-state index contributed by atoms with van der Waals surface area (Å²) in [6, 6.07) is 13.9. The van der Waals surface area contributed by atoms with Crippen molar-refractivity contribution in [2.45, 2.75) is 13.1 Å². The minimum absolute atomic E-state index is 0.216. The number of halogens is 2. The van der Waals surface area contributed by atoms with Gasteiger partial charge in [0.25, 0.3) is 0 Å². The van der Waals surface area contributed by atoms with Crippen LogP contribution in [-0.4, -0.2) is 22.1 Å². The van der Waals surface area contributed by atoms with Gasteiger partial charge in [0.1, 0.15) is 5.82 Å². The van der Waals surface area contributed by atoms with E-state index in [9.17, 15) is 4.39 Å². The van der Waals surface area contributed by atoms with Crippen molar-refractivity contribution in [3.8, 4) is 11.5 Å². The van der Waals surface area contributed by atoms with Gasteiger partial charge in [0, 0.05) is 22.7 Å². The highest BCUT2D eigenvalue weighted by Crippen LogP contribution is 2.20. The van der Waals surface area contributed by atoms with Crippen LogP contribution in [0, 0.1) is 5.82 Å². The van der Waals surface area contributed by atoms with Gasteiger partial charge in [0.2, 0.25) is 11.8 Å². The predicted octanol–water partition coefficient (Wildman–Crippen LogP) is 4.16. The van der Waals surface area contributed by atoms with Crippen molar-refractivity contribution in [3.05, 3.63) is 70.8 Å². The Morgan fingerprint density at radius 3 is 2.52 bits per heavy atom. The van der Waals surface area contributed by atoms with E-state index in [1.54, 1.807) is 24.3 Å². The fourth-order valence-corrected chi connectivity index (χ4v) is 2.36. The highest BCUT2D eigenvalue weighted by Gasteiger charge is 2.12. The van der Waals surface area contributed by atoms with Gasteiger partial charge in [-0.15, -0.1) is 10.2 Å². The van der Waals surface area contributed by atoms with Crippen LogP contribution in [0.5, 0.6) is 0 Å². The van der Waals surface area contributed by atoms with E-state index in [4.69, 9.17) is 16.0 Å². The standard InChI is InChI=1S/C17H15ClFN3O/c1-22(10-13-4-2-3-5-15(13)19)11-16-20-21-17(23-16)12-6-8-14(18)9-7-12/h2-9H,10-11H2,1H3. The molecule has 3 rings (SSSR count). The zero-order chi connectivity index (χ0) is 16.2. The molecule has 0 N–H and O–H groups in total. The molecule has 1 heterocycles. The zero-order valence-electron chi connectivity index (χ0n) is 12.5. The molecule has 0 saturated heterocycles. The molecule has 0 aliphatic rings. The van der Waals surface area contributed by atoms with Gasteiger partial charge in [-0.3, -0.25) is 4.90 Å². The molecular weight excluding hydrogens is 317 g/mol. The van der Waals surface area contributed by atoms with Crippen LogP contribution >= 0.6 is 11.6 Å². The topological polar surface area (TPSA) is 42.2 Å². The first-order valence-corrected chi connectivity index (χ1v) is 7.50. The van der Waals surface area contributed by atoms with Crippen molar-refractivity contribution in [1.82, 2.24) is 15.1 Å². The van der Waals surface area contributed by atoms with E-state index in [1.165, 1.54) is 6.07 Å². The number of benzene rings is 2. The van der Waals surface area contributed by atoms with Crippen LogP contribution in [0.1, 0.15) is 11.5 Å². The van der Waals surface area contributed by atoms with Gasteiger partial charge in [-0.05, 0) is 37.4 Å². The molecule has 0 fully saturated rings. The lowest BCUT2D eigenvalue weighted by Gasteiger charge is -2.14. The second kappa shape index (κ2) is 6.89. The van der Waals surface area contributed by atoms with Gasteiger partial charge < -0.3 is 4.42 Å². The lowest BCUT2D eigenvalue weighted by molar-refractivity contribution is 0.279. The number of hydrogen-bond donors (Lipinski definition) is 0. The van der Waals surface area contributed by atoms with Gasteiger partial charge in [-0.2, -0.15) is 0 Å². The molecule has 0 radical (unpaired) electrons. The van der Waals surface area contributed by atoms with Crippen molar-refractivity contribution in [2.24, 2.45) is 0 Å². The van der Waals surface area contributed by atoms with Crippen molar-refractivity contribution < 1.29 is 8.81 Å². The molecule has 0 aliphatic heterocycles. The summed E-state index contributed by atoms with van der Waals surface area (Å²) >= 11 is 5.86. The first-order chi connectivity index (χ1) is 11.1. The first-order valence-electron chi connectivity index (χ1n) is 7.12. The molecule has 0 bridgehead atoms. The average Bonchev–Trinajstić information content (AvgIpc) is 2.98. The third kappa shape index (κ3) is 3.94. The van der Waals surface area contributed by atoms with E-state index < -0.39 is 0 Å². The molecule has 1 aromatic heterocycles. The second-order valence-corrected chi connectivity index (χ2v) is 5.71. The smallest absolute Gasteiger partial charge is 0.247 e. The fraction of sp³-hybridized carbons (Fsp3) is 0.176. The van der Waals surface area contributed by atoms with Gasteiger partial charge in [0.05, 0.1) is 6.54 Å². The summed E-state index contributed by atoms with van der Waals surface area (Å²) in [7, 11) is 1.87. The van der Waals surface area contributed by atoms with Gasteiger partial charge in [-0.25, -0.2) is 4.39 Å². The molecule has 0 saturated carbocycles. The summed E-state index contributed by atoms with van der Waals surface area (Å²) in [5.41, 5.74) is 1.44. The maximum absolute atomic E-state index is 13.7. The summed E-state index contributed by atoms with van der Waals surface area (Å²) in [4.78, 5) is 1.91. The molecule has 0 atom stereocenters. The Kier molecular flexibility index (Phi) is 4.69. The molecule has 0 amide bonds. The second-order valence-electron chi connectivity index (χ2n) is 5.27. The van der Waals surface area contributed by atoms with E-state index in [0.29, 0.717) is 35.5 Å². The van der Waals surface area contributed by atoms with Crippen LogP contribution in [0.15, 0.2) is 52.9 Å². The van der Waals surface area contributed by atoms with Crippen LogP contribution in [-0.2, 0) is 13.1 Å². The maximum atomic E-state index is 13.7.